The summed E-state index contributed by atoms with van der Waals surface area (Å²) in [5.41, 5.74) is -0.674. The average Bonchev–Trinajstić information content (AvgIpc) is 2.78. The van der Waals surface area contributed by atoms with Crippen molar-refractivity contribution in [3.63, 3.8) is 0 Å². The summed E-state index contributed by atoms with van der Waals surface area (Å²) in [6.45, 7) is -4.50. The Labute approximate surface area is 99.5 Å². The van der Waals surface area contributed by atoms with Crippen LogP contribution in [0, 0.1) is 0 Å². The van der Waals surface area contributed by atoms with Crippen LogP contribution < -0.4 is 14.8 Å². The molecule has 0 amide bonds. The van der Waals surface area contributed by atoms with Gasteiger partial charge in [-0.2, -0.15) is 0 Å². The monoisotopic (exact) mass is 204 g/mol. The van der Waals surface area contributed by atoms with Crippen molar-refractivity contribution in [1.82, 2.24) is 5.31 Å². The minimum atomic E-state index is -2.94. The fraction of sp³-hybridized carbons (Fsp3) is 0.455. The maximum Gasteiger partial charge on any atom is 0.231 e. The van der Waals surface area contributed by atoms with Crippen LogP contribution in [-0.2, 0) is 6.37 Å². The lowest BCUT2D eigenvalue weighted by Gasteiger charge is -2.09. The molecule has 0 spiro atoms. The Morgan fingerprint density at radius 1 is 1.79 bits per heavy atom. The van der Waals surface area contributed by atoms with Gasteiger partial charge in [0.05, 0.1) is 4.11 Å². The summed E-state index contributed by atoms with van der Waals surface area (Å²) in [6.07, 6.45) is -2.69. The van der Waals surface area contributed by atoms with Gasteiger partial charge in [-0.25, -0.2) is 0 Å². The number of hydrogen-bond donors (Lipinski definition) is 1. The highest BCUT2D eigenvalue weighted by Crippen LogP contribution is 2.32. The van der Waals surface area contributed by atoms with Gasteiger partial charge >= 0.3 is 0 Å². The fourth-order valence-corrected chi connectivity index (χ4v) is 0.939. The lowest BCUT2D eigenvalue weighted by atomic mass is 10.1. The Morgan fingerprint density at radius 3 is 3.50 bits per heavy atom. The zero-order valence-corrected chi connectivity index (χ0v) is 7.34. The summed E-state index contributed by atoms with van der Waals surface area (Å²) in [5, 5.41) is 0.0410. The summed E-state index contributed by atoms with van der Waals surface area (Å²) in [6, 6.07) is -3.79. The summed E-state index contributed by atoms with van der Waals surface area (Å²) >= 11 is 0. The van der Waals surface area contributed by atoms with Crippen molar-refractivity contribution >= 4 is 0 Å². The smallest absolute Gasteiger partial charge is 0.231 e. The minimum Gasteiger partial charge on any atom is -0.454 e. The van der Waals surface area contributed by atoms with E-state index in [4.69, 9.17) is 24.6 Å². The van der Waals surface area contributed by atoms with Gasteiger partial charge in [-0.3, -0.25) is 0 Å². The second-order valence-electron chi connectivity index (χ2n) is 2.65. The highest BCUT2D eigenvalue weighted by Gasteiger charge is 2.13. The first kappa shape index (κ1) is 2.89. The molecule has 0 aromatic heterocycles. The van der Waals surface area contributed by atoms with E-state index in [0.29, 0.717) is 0 Å². The van der Waals surface area contributed by atoms with E-state index in [0.717, 1.165) is 6.92 Å². The second kappa shape index (κ2) is 3.88. The van der Waals surface area contributed by atoms with Crippen molar-refractivity contribution in [3.05, 3.63) is 23.7 Å². The van der Waals surface area contributed by atoms with Gasteiger partial charge in [0.25, 0.3) is 0 Å². The molecule has 1 aliphatic rings. The largest absolute Gasteiger partial charge is 0.454 e. The molecule has 0 saturated heterocycles. The van der Waals surface area contributed by atoms with Gasteiger partial charge in [0.2, 0.25) is 6.75 Å². The van der Waals surface area contributed by atoms with Gasteiger partial charge in [0.15, 0.2) is 11.5 Å². The Balaban J connectivity index is 2.62. The zero-order chi connectivity index (χ0) is 19.5. The SMILES string of the molecule is [2H]c1c([2H])c(C([2H])([2H])C(C)N([2H])C([2H])([2H])[2H])c([2H])c2c1OC([2H])([2H])O2. The lowest BCUT2D eigenvalue weighted by molar-refractivity contribution is 0.174. The number of fused-ring (bicyclic) bond motifs is 1. The standard InChI is InChI=1S/C11H15NO2/c1-8(12-2)5-9-3-4-10-11(6-9)14-7-13-10/h3-4,6,8,12H,5,7H2,1-2H3/i2D3,3D,4D,5D2,6D,7D2/hD. The Bertz CT molecular complexity index is 702. The fourth-order valence-electron chi connectivity index (χ4n) is 0.939. The molecule has 0 fully saturated rings. The quantitative estimate of drug-likeness (QED) is 0.810. The summed E-state index contributed by atoms with van der Waals surface area (Å²) in [4.78, 5) is 0. The van der Waals surface area contributed by atoms with E-state index < -0.39 is 61.3 Å². The molecule has 14 heavy (non-hydrogen) atoms. The predicted octanol–water partition coefficient (Wildman–Crippen LogP) is 1.57. The van der Waals surface area contributed by atoms with Crippen LogP contribution in [0.2, 0.25) is 1.41 Å². The van der Waals surface area contributed by atoms with Crippen LogP contribution in [0.3, 0.4) is 0 Å². The van der Waals surface area contributed by atoms with Crippen LogP contribution >= 0.6 is 0 Å². The van der Waals surface area contributed by atoms with Crippen molar-refractivity contribution < 1.29 is 24.6 Å². The van der Waals surface area contributed by atoms with Crippen molar-refractivity contribution in [3.8, 4) is 11.5 Å². The molecule has 0 radical (unpaired) electrons. The van der Waals surface area contributed by atoms with Crippen LogP contribution in [0.25, 0.3) is 0 Å². The number of benzene rings is 1. The van der Waals surface area contributed by atoms with Crippen LogP contribution in [0.15, 0.2) is 18.1 Å². The molecule has 3 heteroatoms. The van der Waals surface area contributed by atoms with Gasteiger partial charge in [-0.1, -0.05) is 6.04 Å². The van der Waals surface area contributed by atoms with Crippen molar-refractivity contribution in [1.29, 1.82) is 0 Å². The molecule has 1 atom stereocenters. The molecular formula is C11H15NO2. The Kier molecular flexibility index (Phi) is 0.801. The molecule has 3 nitrogen and oxygen atoms in total. The maximum absolute atomic E-state index is 8.17. The van der Waals surface area contributed by atoms with E-state index in [1.54, 1.807) is 0 Å². The van der Waals surface area contributed by atoms with Crippen molar-refractivity contribution in [2.45, 2.75) is 19.3 Å². The molecule has 0 bridgehead atoms. The molecule has 0 aliphatic carbocycles. The maximum atomic E-state index is 8.17. The highest BCUT2D eigenvalue weighted by atomic mass is 16.7. The molecular weight excluding hydrogens is 178 g/mol. The Morgan fingerprint density at radius 2 is 2.64 bits per heavy atom. The first-order valence-corrected chi connectivity index (χ1v) is 3.91. The van der Waals surface area contributed by atoms with Crippen LogP contribution in [0.1, 0.15) is 26.2 Å². The molecule has 2 rings (SSSR count). The average molecular weight is 204 g/mol. The predicted molar refractivity (Wildman–Crippen MR) is 54.8 cm³/mol. The van der Waals surface area contributed by atoms with Crippen molar-refractivity contribution in [2.24, 2.45) is 0 Å². The normalized spacial score (nSPS) is 32.9. The molecule has 1 unspecified atom stereocenters. The second-order valence-corrected chi connectivity index (χ2v) is 2.65. The third-order valence-electron chi connectivity index (χ3n) is 1.58. The van der Waals surface area contributed by atoms with E-state index in [1.165, 1.54) is 0 Å². The first-order valence-electron chi connectivity index (χ1n) is 9.36. The third-order valence-corrected chi connectivity index (χ3v) is 1.58. The molecule has 1 aliphatic heterocycles. The van der Waals surface area contributed by atoms with Gasteiger partial charge in [-0.05, 0) is 37.9 Å². The summed E-state index contributed by atoms with van der Waals surface area (Å²) in [5.74, 6) is -1.03. The molecule has 1 aromatic carbocycles. The molecule has 76 valence electrons. The van der Waals surface area contributed by atoms with Gasteiger partial charge in [-0.15, -0.1) is 0 Å². The molecule has 1 heterocycles. The summed E-state index contributed by atoms with van der Waals surface area (Å²) < 4.78 is 93.7. The molecule has 0 saturated carbocycles. The minimum absolute atomic E-state index is 0.0410. The Hall–Kier alpha value is -1.22. The third kappa shape index (κ3) is 1.82. The molecule has 1 N–H and O–H groups in total. The van der Waals surface area contributed by atoms with E-state index in [1.807, 2.05) is 0 Å². The number of rotatable bonds is 3. The number of hydrogen-bond acceptors (Lipinski definition) is 3. The van der Waals surface area contributed by atoms with E-state index in [9.17, 15) is 0 Å². The van der Waals surface area contributed by atoms with Crippen molar-refractivity contribution in [2.75, 3.05) is 13.7 Å². The van der Waals surface area contributed by atoms with Gasteiger partial charge in [0, 0.05) is 12.9 Å². The molecule has 1 aromatic rings. The lowest BCUT2D eigenvalue weighted by Crippen LogP contribution is -2.23. The number of ether oxygens (including phenoxy) is 2. The first-order chi connectivity index (χ1) is 11.1. The topological polar surface area (TPSA) is 30.5 Å². The number of likely N-dealkylation sites (N-methyl/N-ethyl adjacent to an activating group) is 1. The zero-order valence-electron chi connectivity index (χ0n) is 18.3. The van der Waals surface area contributed by atoms with E-state index in [-0.39, 0.29) is 5.31 Å². The van der Waals surface area contributed by atoms with E-state index in [2.05, 4.69) is 0 Å². The number of nitrogens with one attached hydrogen (secondary N) is 1. The van der Waals surface area contributed by atoms with Gasteiger partial charge < -0.3 is 14.8 Å². The highest BCUT2D eigenvalue weighted by molar-refractivity contribution is 5.44. The van der Waals surface area contributed by atoms with Gasteiger partial charge in [0.1, 0.15) is 4.15 Å². The summed E-state index contributed by atoms with van der Waals surface area (Å²) in [7, 11) is 0. The van der Waals surface area contributed by atoms with E-state index >= 15 is 0 Å². The van der Waals surface area contributed by atoms with Crippen LogP contribution in [-0.4, -0.2) is 19.8 Å². The van der Waals surface area contributed by atoms with Crippen LogP contribution in [0.4, 0.5) is 0 Å². The van der Waals surface area contributed by atoms with Crippen LogP contribution in [0.5, 0.6) is 11.5 Å².